The minimum atomic E-state index is -0.118. The molecule has 0 radical (unpaired) electrons. The van der Waals surface area contributed by atoms with Crippen LogP contribution in [0.5, 0.6) is 0 Å². The monoisotopic (exact) mass is 196 g/mol. The van der Waals surface area contributed by atoms with Crippen molar-refractivity contribution in [1.82, 2.24) is 19.3 Å². The lowest BCUT2D eigenvalue weighted by Crippen LogP contribution is -2.23. The number of thiazole rings is 1. The molecule has 6 heteroatoms. The first kappa shape index (κ1) is 8.18. The zero-order valence-electron chi connectivity index (χ0n) is 7.04. The van der Waals surface area contributed by atoms with Crippen molar-refractivity contribution >= 4 is 11.3 Å². The SMILES string of the molecule is Cn1cnn(Cc2cscn2)c1=O. The molecular formula is C7H8N4OS. The Balaban J connectivity index is 2.29. The second-order valence-corrected chi connectivity index (χ2v) is 3.38. The topological polar surface area (TPSA) is 52.7 Å². The molecule has 0 saturated heterocycles. The molecule has 0 bridgehead atoms. The van der Waals surface area contributed by atoms with Crippen LogP contribution >= 0.6 is 11.3 Å². The third-order valence-electron chi connectivity index (χ3n) is 1.68. The van der Waals surface area contributed by atoms with E-state index in [9.17, 15) is 4.79 Å². The summed E-state index contributed by atoms with van der Waals surface area (Å²) in [7, 11) is 1.67. The Morgan fingerprint density at radius 2 is 2.46 bits per heavy atom. The van der Waals surface area contributed by atoms with Crippen LogP contribution in [-0.2, 0) is 13.6 Å². The highest BCUT2D eigenvalue weighted by atomic mass is 32.1. The Hall–Kier alpha value is -1.43. The number of aromatic nitrogens is 4. The smallest absolute Gasteiger partial charge is 0.285 e. The van der Waals surface area contributed by atoms with Crippen LogP contribution in [0.3, 0.4) is 0 Å². The van der Waals surface area contributed by atoms with Gasteiger partial charge < -0.3 is 0 Å². The number of hydrogen-bond donors (Lipinski definition) is 0. The van der Waals surface area contributed by atoms with Crippen molar-refractivity contribution in [3.63, 3.8) is 0 Å². The molecule has 5 nitrogen and oxygen atoms in total. The minimum absolute atomic E-state index is 0.118. The van der Waals surface area contributed by atoms with E-state index in [0.29, 0.717) is 6.54 Å². The van der Waals surface area contributed by atoms with Crippen LogP contribution in [-0.4, -0.2) is 19.3 Å². The summed E-state index contributed by atoms with van der Waals surface area (Å²) in [4.78, 5) is 15.4. The van der Waals surface area contributed by atoms with Crippen molar-refractivity contribution in [1.29, 1.82) is 0 Å². The molecule has 0 spiro atoms. The van der Waals surface area contributed by atoms with E-state index in [1.807, 2.05) is 5.38 Å². The summed E-state index contributed by atoms with van der Waals surface area (Å²) in [5, 5.41) is 5.83. The third kappa shape index (κ3) is 1.52. The van der Waals surface area contributed by atoms with Gasteiger partial charge in [0.2, 0.25) is 0 Å². The maximum atomic E-state index is 11.3. The van der Waals surface area contributed by atoms with Crippen LogP contribution < -0.4 is 5.69 Å². The van der Waals surface area contributed by atoms with Gasteiger partial charge in [0.05, 0.1) is 17.7 Å². The summed E-state index contributed by atoms with van der Waals surface area (Å²) in [5.74, 6) is 0. The summed E-state index contributed by atoms with van der Waals surface area (Å²) >= 11 is 1.51. The molecule has 0 saturated carbocycles. The zero-order chi connectivity index (χ0) is 9.26. The maximum absolute atomic E-state index is 11.3. The van der Waals surface area contributed by atoms with E-state index in [2.05, 4.69) is 10.1 Å². The summed E-state index contributed by atoms with van der Waals surface area (Å²) in [6, 6.07) is 0. The fraction of sp³-hybridized carbons (Fsp3) is 0.286. The van der Waals surface area contributed by atoms with Crippen LogP contribution in [0.15, 0.2) is 22.0 Å². The highest BCUT2D eigenvalue weighted by molar-refractivity contribution is 7.07. The second kappa shape index (κ2) is 3.14. The van der Waals surface area contributed by atoms with Gasteiger partial charge in [-0.15, -0.1) is 11.3 Å². The van der Waals surface area contributed by atoms with E-state index < -0.39 is 0 Å². The summed E-state index contributed by atoms with van der Waals surface area (Å²) < 4.78 is 2.82. The molecule has 2 aromatic rings. The third-order valence-corrected chi connectivity index (χ3v) is 2.32. The van der Waals surface area contributed by atoms with Crippen molar-refractivity contribution in [2.45, 2.75) is 6.54 Å². The molecule has 68 valence electrons. The average Bonchev–Trinajstić information content (AvgIpc) is 2.71. The van der Waals surface area contributed by atoms with Crippen molar-refractivity contribution in [2.75, 3.05) is 0 Å². The summed E-state index contributed by atoms with van der Waals surface area (Å²) in [6.07, 6.45) is 1.49. The van der Waals surface area contributed by atoms with E-state index in [1.165, 1.54) is 26.9 Å². The lowest BCUT2D eigenvalue weighted by atomic mass is 10.5. The predicted molar refractivity (Wildman–Crippen MR) is 48.7 cm³/mol. The molecule has 0 amide bonds. The summed E-state index contributed by atoms with van der Waals surface area (Å²) in [6.45, 7) is 0.448. The van der Waals surface area contributed by atoms with E-state index in [4.69, 9.17) is 0 Å². The highest BCUT2D eigenvalue weighted by Gasteiger charge is 2.02. The van der Waals surface area contributed by atoms with Gasteiger partial charge in [0.25, 0.3) is 0 Å². The van der Waals surface area contributed by atoms with Crippen molar-refractivity contribution in [3.05, 3.63) is 33.4 Å². The van der Waals surface area contributed by atoms with Gasteiger partial charge in [-0.2, -0.15) is 5.10 Å². The molecule has 0 fully saturated rings. The van der Waals surface area contributed by atoms with E-state index in [-0.39, 0.29) is 5.69 Å². The van der Waals surface area contributed by atoms with Gasteiger partial charge in [0, 0.05) is 12.4 Å². The van der Waals surface area contributed by atoms with Crippen LogP contribution in [0.25, 0.3) is 0 Å². The quantitative estimate of drug-likeness (QED) is 0.684. The molecule has 0 atom stereocenters. The van der Waals surface area contributed by atoms with Gasteiger partial charge in [-0.3, -0.25) is 4.57 Å². The van der Waals surface area contributed by atoms with Crippen molar-refractivity contribution in [2.24, 2.45) is 7.05 Å². The standard InChI is InChI=1S/C7H8N4OS/c1-10-4-9-11(7(10)12)2-6-3-13-5-8-6/h3-5H,2H2,1H3. The first-order valence-electron chi connectivity index (χ1n) is 3.73. The van der Waals surface area contributed by atoms with Gasteiger partial charge in [-0.1, -0.05) is 0 Å². The van der Waals surface area contributed by atoms with E-state index in [1.54, 1.807) is 12.6 Å². The largest absolute Gasteiger partial charge is 0.345 e. The van der Waals surface area contributed by atoms with Crippen LogP contribution in [0.4, 0.5) is 0 Å². The minimum Gasteiger partial charge on any atom is -0.285 e. The number of rotatable bonds is 2. The van der Waals surface area contributed by atoms with E-state index in [0.717, 1.165) is 5.69 Å². The highest BCUT2D eigenvalue weighted by Crippen LogP contribution is 2.00. The van der Waals surface area contributed by atoms with Crippen LogP contribution in [0, 0.1) is 0 Å². The molecular weight excluding hydrogens is 188 g/mol. The Bertz CT molecular complexity index is 441. The van der Waals surface area contributed by atoms with Gasteiger partial charge in [0.1, 0.15) is 6.33 Å². The maximum Gasteiger partial charge on any atom is 0.345 e. The fourth-order valence-corrected chi connectivity index (χ4v) is 1.55. The molecule has 0 N–H and O–H groups in total. The molecule has 13 heavy (non-hydrogen) atoms. The molecule has 2 heterocycles. The van der Waals surface area contributed by atoms with Crippen LogP contribution in [0.1, 0.15) is 5.69 Å². The Labute approximate surface area is 78.3 Å². The molecule has 0 unspecified atom stereocenters. The fourth-order valence-electron chi connectivity index (χ4n) is 0.998. The Kier molecular flexibility index (Phi) is 1.97. The van der Waals surface area contributed by atoms with E-state index >= 15 is 0 Å². The molecule has 0 aliphatic heterocycles. The zero-order valence-corrected chi connectivity index (χ0v) is 7.86. The average molecular weight is 196 g/mol. The van der Waals surface area contributed by atoms with Gasteiger partial charge in [0.15, 0.2) is 0 Å². The normalized spacial score (nSPS) is 10.5. The van der Waals surface area contributed by atoms with Crippen molar-refractivity contribution in [3.8, 4) is 0 Å². The number of aryl methyl sites for hydroxylation is 1. The number of hydrogen-bond acceptors (Lipinski definition) is 4. The Morgan fingerprint density at radius 1 is 1.62 bits per heavy atom. The number of nitrogens with zero attached hydrogens (tertiary/aromatic N) is 4. The van der Waals surface area contributed by atoms with Crippen LogP contribution in [0.2, 0.25) is 0 Å². The Morgan fingerprint density at radius 3 is 3.00 bits per heavy atom. The molecule has 0 aliphatic carbocycles. The lowest BCUT2D eigenvalue weighted by Gasteiger charge is -1.93. The first-order chi connectivity index (χ1) is 6.27. The molecule has 0 aliphatic rings. The first-order valence-corrected chi connectivity index (χ1v) is 4.67. The predicted octanol–water partition coefficient (Wildman–Crippen LogP) is 0.0866. The van der Waals surface area contributed by atoms with Gasteiger partial charge in [-0.05, 0) is 0 Å². The van der Waals surface area contributed by atoms with Gasteiger partial charge >= 0.3 is 5.69 Å². The molecule has 2 aromatic heterocycles. The molecule has 0 aromatic carbocycles. The summed E-state index contributed by atoms with van der Waals surface area (Å²) in [5.41, 5.74) is 2.49. The molecule has 2 rings (SSSR count). The van der Waals surface area contributed by atoms with Crippen molar-refractivity contribution < 1.29 is 0 Å². The lowest BCUT2D eigenvalue weighted by molar-refractivity contribution is 0.638. The second-order valence-electron chi connectivity index (χ2n) is 2.66. The van der Waals surface area contributed by atoms with Gasteiger partial charge in [-0.25, -0.2) is 14.5 Å².